The molecule has 0 aromatic heterocycles. The highest BCUT2D eigenvalue weighted by atomic mass is 16.6. The topological polar surface area (TPSA) is 55.6 Å². The van der Waals surface area contributed by atoms with E-state index in [0.717, 1.165) is 24.0 Å². The fraction of sp³-hybridized carbons (Fsp3) is 0.222. The number of nitrogens with zero attached hydrogens (tertiary/aromatic N) is 2. The molecule has 118 valence electrons. The second kappa shape index (κ2) is 6.12. The number of ether oxygens (including phenoxy) is 1. The van der Waals surface area contributed by atoms with Crippen molar-refractivity contribution in [3.05, 3.63) is 69.9 Å². The van der Waals surface area contributed by atoms with Gasteiger partial charge in [0, 0.05) is 26.4 Å². The number of hydrogen-bond acceptors (Lipinski definition) is 4. The first-order valence-electron chi connectivity index (χ1n) is 7.46. The van der Waals surface area contributed by atoms with Crippen LogP contribution < -0.4 is 4.74 Å². The number of rotatable bonds is 4. The molecule has 0 saturated heterocycles. The van der Waals surface area contributed by atoms with Crippen LogP contribution in [0, 0.1) is 10.1 Å². The molecule has 0 fully saturated rings. The average Bonchev–Trinajstić information content (AvgIpc) is 2.89. The van der Waals surface area contributed by atoms with E-state index in [0.29, 0.717) is 5.75 Å². The third-order valence-electron chi connectivity index (χ3n) is 3.78. The molecule has 0 aliphatic heterocycles. The Morgan fingerprint density at radius 3 is 2.57 bits per heavy atom. The summed E-state index contributed by atoms with van der Waals surface area (Å²) in [6, 6.07) is 12.6. The van der Waals surface area contributed by atoms with Gasteiger partial charge in [-0.1, -0.05) is 18.2 Å². The van der Waals surface area contributed by atoms with Crippen molar-refractivity contribution in [2.45, 2.75) is 12.8 Å². The largest absolute Gasteiger partial charge is 0.450 e. The molecule has 0 spiro atoms. The molecule has 0 N–H and O–H groups in total. The van der Waals surface area contributed by atoms with Crippen molar-refractivity contribution in [1.29, 1.82) is 0 Å². The predicted octanol–water partition coefficient (Wildman–Crippen LogP) is 4.24. The van der Waals surface area contributed by atoms with Crippen LogP contribution in [0.15, 0.2) is 48.7 Å². The van der Waals surface area contributed by atoms with E-state index in [1.807, 2.05) is 37.2 Å². The van der Waals surface area contributed by atoms with Crippen LogP contribution in [0.1, 0.15) is 17.5 Å². The molecule has 0 unspecified atom stereocenters. The van der Waals surface area contributed by atoms with Crippen molar-refractivity contribution in [1.82, 2.24) is 4.90 Å². The Hall–Kier alpha value is -2.82. The number of para-hydroxylation sites is 1. The van der Waals surface area contributed by atoms with E-state index in [1.165, 1.54) is 5.57 Å². The number of nitro benzene ring substituents is 1. The number of aryl methyl sites for hydroxylation is 1. The van der Waals surface area contributed by atoms with Crippen molar-refractivity contribution < 1.29 is 9.66 Å². The number of benzene rings is 2. The quantitative estimate of drug-likeness (QED) is 0.626. The van der Waals surface area contributed by atoms with Crippen LogP contribution in [-0.2, 0) is 6.42 Å². The highest BCUT2D eigenvalue weighted by molar-refractivity contribution is 5.76. The fourth-order valence-electron chi connectivity index (χ4n) is 2.81. The first-order valence-corrected chi connectivity index (χ1v) is 7.46. The molecular weight excluding hydrogens is 292 g/mol. The summed E-state index contributed by atoms with van der Waals surface area (Å²) in [5, 5.41) is 11.4. The number of nitro groups is 1. The smallest absolute Gasteiger partial charge is 0.311 e. The summed E-state index contributed by atoms with van der Waals surface area (Å²) in [4.78, 5) is 13.0. The lowest BCUT2D eigenvalue weighted by atomic mass is 10.1. The van der Waals surface area contributed by atoms with E-state index in [-0.39, 0.29) is 16.4 Å². The zero-order valence-electron chi connectivity index (χ0n) is 13.2. The van der Waals surface area contributed by atoms with E-state index in [4.69, 9.17) is 4.74 Å². The summed E-state index contributed by atoms with van der Waals surface area (Å²) in [6.45, 7) is 0. The van der Waals surface area contributed by atoms with Crippen molar-refractivity contribution in [2.24, 2.45) is 0 Å². The lowest BCUT2D eigenvalue weighted by molar-refractivity contribution is -0.385. The number of fused-ring (bicyclic) bond motifs is 1. The first-order chi connectivity index (χ1) is 11.0. The molecule has 2 aromatic carbocycles. The van der Waals surface area contributed by atoms with Gasteiger partial charge in [-0.3, -0.25) is 10.1 Å². The molecule has 0 saturated carbocycles. The fourth-order valence-corrected chi connectivity index (χ4v) is 2.81. The van der Waals surface area contributed by atoms with Gasteiger partial charge in [-0.25, -0.2) is 0 Å². The van der Waals surface area contributed by atoms with E-state index in [2.05, 4.69) is 6.20 Å². The minimum atomic E-state index is -0.383. The summed E-state index contributed by atoms with van der Waals surface area (Å²) in [7, 11) is 3.94. The third kappa shape index (κ3) is 3.18. The molecule has 0 amide bonds. The van der Waals surface area contributed by atoms with Gasteiger partial charge in [0.15, 0.2) is 0 Å². The normalized spacial score (nSPS) is 14.6. The Bertz CT molecular complexity index is 767. The Morgan fingerprint density at radius 2 is 1.91 bits per heavy atom. The molecule has 2 aromatic rings. The molecule has 0 atom stereocenters. The molecule has 3 rings (SSSR count). The molecule has 1 aliphatic carbocycles. The lowest BCUT2D eigenvalue weighted by Crippen LogP contribution is -2.02. The maximum Gasteiger partial charge on any atom is 0.311 e. The van der Waals surface area contributed by atoms with Crippen LogP contribution in [0.3, 0.4) is 0 Å². The number of hydrogen-bond donors (Lipinski definition) is 0. The molecular formula is C18H18N2O3. The van der Waals surface area contributed by atoms with E-state index in [9.17, 15) is 10.1 Å². The van der Waals surface area contributed by atoms with Gasteiger partial charge in [0.2, 0.25) is 5.75 Å². The predicted molar refractivity (Wildman–Crippen MR) is 89.6 cm³/mol. The van der Waals surface area contributed by atoms with Gasteiger partial charge in [0.1, 0.15) is 5.75 Å². The minimum Gasteiger partial charge on any atom is -0.450 e. The Kier molecular flexibility index (Phi) is 4.02. The van der Waals surface area contributed by atoms with Crippen LogP contribution in [0.25, 0.3) is 5.57 Å². The molecule has 5 heteroatoms. The van der Waals surface area contributed by atoms with Gasteiger partial charge in [0.05, 0.1) is 4.92 Å². The van der Waals surface area contributed by atoms with Crippen LogP contribution in [0.2, 0.25) is 0 Å². The highest BCUT2D eigenvalue weighted by Crippen LogP contribution is 2.41. The van der Waals surface area contributed by atoms with Crippen LogP contribution in [0.4, 0.5) is 5.69 Å². The summed E-state index contributed by atoms with van der Waals surface area (Å²) in [5.74, 6) is 0.873. The Labute approximate surface area is 135 Å². The van der Waals surface area contributed by atoms with Gasteiger partial charge in [-0.05, 0) is 47.7 Å². The van der Waals surface area contributed by atoms with E-state index < -0.39 is 0 Å². The van der Waals surface area contributed by atoms with Crippen LogP contribution in [0.5, 0.6) is 11.5 Å². The van der Waals surface area contributed by atoms with Gasteiger partial charge in [-0.15, -0.1) is 0 Å². The molecule has 5 nitrogen and oxygen atoms in total. The third-order valence-corrected chi connectivity index (χ3v) is 3.78. The zero-order valence-corrected chi connectivity index (χ0v) is 13.2. The van der Waals surface area contributed by atoms with Crippen molar-refractivity contribution >= 4 is 11.3 Å². The molecule has 0 heterocycles. The van der Waals surface area contributed by atoms with Crippen molar-refractivity contribution in [3.63, 3.8) is 0 Å². The Morgan fingerprint density at radius 1 is 1.17 bits per heavy atom. The standard InChI is InChI=1S/C18H18N2O3/c1-19(2)12-14-9-8-13-10-17(20(21)22)18(11-16(13)14)23-15-6-4-3-5-7-15/h3-7,10-12H,8-9H2,1-2H3. The molecule has 23 heavy (non-hydrogen) atoms. The summed E-state index contributed by atoms with van der Waals surface area (Å²) < 4.78 is 5.77. The van der Waals surface area contributed by atoms with Gasteiger partial charge < -0.3 is 9.64 Å². The van der Waals surface area contributed by atoms with Crippen LogP contribution >= 0.6 is 0 Å². The first kappa shape index (κ1) is 15.1. The second-order valence-corrected chi connectivity index (χ2v) is 5.77. The van der Waals surface area contributed by atoms with Gasteiger partial charge in [-0.2, -0.15) is 0 Å². The zero-order chi connectivity index (χ0) is 16.4. The minimum absolute atomic E-state index is 0.0127. The van der Waals surface area contributed by atoms with Crippen molar-refractivity contribution in [3.8, 4) is 11.5 Å². The van der Waals surface area contributed by atoms with Crippen LogP contribution in [-0.4, -0.2) is 23.9 Å². The molecule has 0 radical (unpaired) electrons. The molecule has 1 aliphatic rings. The maximum atomic E-state index is 11.4. The Balaban J connectivity index is 2.06. The van der Waals surface area contributed by atoms with Gasteiger partial charge >= 0.3 is 5.69 Å². The lowest BCUT2D eigenvalue weighted by Gasteiger charge is -2.11. The summed E-state index contributed by atoms with van der Waals surface area (Å²) in [6.07, 6.45) is 3.77. The summed E-state index contributed by atoms with van der Waals surface area (Å²) in [5.41, 5.74) is 3.23. The average molecular weight is 310 g/mol. The highest BCUT2D eigenvalue weighted by Gasteiger charge is 2.25. The van der Waals surface area contributed by atoms with E-state index in [1.54, 1.807) is 24.3 Å². The molecule has 0 bridgehead atoms. The van der Waals surface area contributed by atoms with Crippen molar-refractivity contribution in [2.75, 3.05) is 14.1 Å². The number of allylic oxidation sites excluding steroid dienone is 1. The monoisotopic (exact) mass is 310 g/mol. The van der Waals surface area contributed by atoms with E-state index >= 15 is 0 Å². The summed E-state index contributed by atoms with van der Waals surface area (Å²) >= 11 is 0. The maximum absolute atomic E-state index is 11.4. The second-order valence-electron chi connectivity index (χ2n) is 5.77. The van der Waals surface area contributed by atoms with Gasteiger partial charge in [0.25, 0.3) is 0 Å². The SMILES string of the molecule is CN(C)C=C1CCc2cc([N+](=O)[O-])c(Oc3ccccc3)cc21.